The van der Waals surface area contributed by atoms with E-state index in [-0.39, 0.29) is 19.1 Å². The van der Waals surface area contributed by atoms with E-state index >= 15 is 0 Å². The number of rotatable bonds is 67. The molecule has 0 aliphatic rings. The van der Waals surface area contributed by atoms with Gasteiger partial charge in [-0.25, -0.2) is 0 Å². The molecule has 2 N–H and O–H groups in total. The van der Waals surface area contributed by atoms with E-state index in [0.29, 0.717) is 23.9 Å². The highest BCUT2D eigenvalue weighted by Gasteiger charge is 2.24. The predicted molar refractivity (Wildman–Crippen MR) is 339 cm³/mol. The number of aliphatic hydroxyl groups is 1. The van der Waals surface area contributed by atoms with E-state index in [1.807, 2.05) is 21.1 Å². The topological polar surface area (TPSA) is 108 Å². The molecular weight excluding hydrogens is 984 g/mol. The van der Waals surface area contributed by atoms with Crippen LogP contribution in [0.3, 0.4) is 0 Å². The molecule has 0 heterocycles. The molecule has 0 radical (unpaired) electrons. The highest BCUT2D eigenvalue weighted by atomic mass is 31.2. The van der Waals surface area contributed by atoms with Crippen LogP contribution >= 0.6 is 7.82 Å². The number of nitrogens with one attached hydrogen (secondary N) is 1. The zero-order valence-corrected chi connectivity index (χ0v) is 54.6. The molecular formula is C69H141N2O6P. The van der Waals surface area contributed by atoms with Crippen molar-refractivity contribution in [3.05, 3.63) is 0 Å². The number of carbonyl (C=O) groups excluding carboxylic acids is 1. The smallest absolute Gasteiger partial charge is 0.268 e. The zero-order valence-electron chi connectivity index (χ0n) is 53.7. The maximum Gasteiger partial charge on any atom is 0.268 e. The molecule has 0 saturated carbocycles. The summed E-state index contributed by atoms with van der Waals surface area (Å²) in [4.78, 5) is 25.7. The predicted octanol–water partition coefficient (Wildman–Crippen LogP) is 21.7. The summed E-state index contributed by atoms with van der Waals surface area (Å²) in [6.45, 7) is 4.80. The van der Waals surface area contributed by atoms with Crippen LogP contribution in [-0.2, 0) is 18.4 Å². The molecule has 0 aromatic carbocycles. The molecule has 78 heavy (non-hydrogen) atoms. The molecule has 0 fully saturated rings. The first-order valence-electron chi connectivity index (χ1n) is 35.4. The van der Waals surface area contributed by atoms with Crippen molar-refractivity contribution in [1.82, 2.24) is 5.32 Å². The quantitative estimate of drug-likeness (QED) is 0.0357. The van der Waals surface area contributed by atoms with Gasteiger partial charge in [-0.15, -0.1) is 0 Å². The molecule has 0 rings (SSSR count). The van der Waals surface area contributed by atoms with Gasteiger partial charge in [-0.05, 0) is 12.8 Å². The highest BCUT2D eigenvalue weighted by Crippen LogP contribution is 2.38. The monoisotopic (exact) mass is 1130 g/mol. The lowest BCUT2D eigenvalue weighted by Gasteiger charge is -2.30. The fourth-order valence-electron chi connectivity index (χ4n) is 11.3. The van der Waals surface area contributed by atoms with Crippen molar-refractivity contribution in [1.29, 1.82) is 0 Å². The third-order valence-electron chi connectivity index (χ3n) is 16.8. The Kier molecular flexibility index (Phi) is 60.7. The number of phosphoric acid groups is 1. The van der Waals surface area contributed by atoms with Crippen LogP contribution in [0.1, 0.15) is 386 Å². The molecule has 8 nitrogen and oxygen atoms in total. The van der Waals surface area contributed by atoms with Gasteiger partial charge in [-0.3, -0.25) is 9.36 Å². The Bertz CT molecular complexity index is 1230. The Hall–Kier alpha value is -0.500. The molecule has 0 aliphatic heterocycles. The number of hydrogen-bond donors (Lipinski definition) is 2. The Morgan fingerprint density at radius 1 is 0.397 bits per heavy atom. The summed E-state index contributed by atoms with van der Waals surface area (Å²) >= 11 is 0. The van der Waals surface area contributed by atoms with Crippen LogP contribution in [-0.4, -0.2) is 68.5 Å². The fraction of sp³-hybridized carbons (Fsp3) is 0.986. The SMILES string of the molecule is CCCCCCCCCCCCCCCCCCCCCCCCCCCCCCCCCCCC(=O)NC(COP(=O)([O-])OCC[N+](C)(C)C)C(O)CCCCCCCCCCCCCCCCCCCCCCCCC. The number of amides is 1. The second-order valence-electron chi connectivity index (χ2n) is 26.0. The lowest BCUT2D eigenvalue weighted by Crippen LogP contribution is -2.46. The summed E-state index contributed by atoms with van der Waals surface area (Å²) in [5.74, 6) is -0.153. The number of unbranched alkanes of at least 4 members (excludes halogenated alkanes) is 54. The van der Waals surface area contributed by atoms with Gasteiger partial charge >= 0.3 is 0 Å². The van der Waals surface area contributed by atoms with Crippen molar-refractivity contribution in [3.8, 4) is 0 Å². The third-order valence-corrected chi connectivity index (χ3v) is 17.8. The van der Waals surface area contributed by atoms with E-state index in [1.54, 1.807) is 0 Å². The minimum Gasteiger partial charge on any atom is -0.756 e. The van der Waals surface area contributed by atoms with Crippen LogP contribution in [0.4, 0.5) is 0 Å². The normalized spacial score (nSPS) is 13.6. The number of quaternary nitrogens is 1. The van der Waals surface area contributed by atoms with Crippen molar-refractivity contribution in [2.75, 3.05) is 40.9 Å². The highest BCUT2D eigenvalue weighted by molar-refractivity contribution is 7.45. The number of aliphatic hydroxyl groups excluding tert-OH is 1. The van der Waals surface area contributed by atoms with Crippen molar-refractivity contribution in [2.24, 2.45) is 0 Å². The number of carbonyl (C=O) groups is 1. The average Bonchev–Trinajstić information content (AvgIpc) is 3.41. The van der Waals surface area contributed by atoms with Gasteiger partial charge in [0.25, 0.3) is 7.82 Å². The van der Waals surface area contributed by atoms with E-state index < -0.39 is 20.0 Å². The minimum absolute atomic E-state index is 0.0170. The molecule has 0 saturated heterocycles. The number of likely N-dealkylation sites (N-methyl/N-ethyl adjacent to an activating group) is 1. The van der Waals surface area contributed by atoms with Crippen LogP contribution in [0.25, 0.3) is 0 Å². The van der Waals surface area contributed by atoms with E-state index in [9.17, 15) is 19.4 Å². The summed E-state index contributed by atoms with van der Waals surface area (Å²) in [6, 6.07) is -0.797. The first-order chi connectivity index (χ1) is 38.0. The standard InChI is InChI=1S/C69H141N2O6P/c1-6-8-10-12-14-16-18-20-22-24-26-28-30-31-32-33-34-35-36-37-38-39-41-43-45-47-49-51-53-55-57-59-61-63-69(73)70-67(66-77-78(74,75)76-65-64-71(3,4)5)68(72)62-60-58-56-54-52-50-48-46-44-42-40-29-27-25-23-21-19-17-15-13-11-9-7-2/h67-68,72H,6-66H2,1-5H3,(H-,70,73,74,75). The van der Waals surface area contributed by atoms with Crippen molar-refractivity contribution in [2.45, 2.75) is 398 Å². The van der Waals surface area contributed by atoms with Gasteiger partial charge in [-0.1, -0.05) is 367 Å². The molecule has 1 amide bonds. The summed E-state index contributed by atoms with van der Waals surface area (Å²) in [5, 5.41) is 14.1. The molecule has 0 aromatic rings. The third kappa shape index (κ3) is 63.1. The maximum atomic E-state index is 13.1. The van der Waals surface area contributed by atoms with Gasteiger partial charge in [0.15, 0.2) is 0 Å². The fourth-order valence-corrected chi connectivity index (χ4v) is 12.1. The largest absolute Gasteiger partial charge is 0.756 e. The first kappa shape index (κ1) is 77.5. The van der Waals surface area contributed by atoms with E-state index in [4.69, 9.17) is 9.05 Å². The van der Waals surface area contributed by atoms with Gasteiger partial charge in [0.1, 0.15) is 13.2 Å². The van der Waals surface area contributed by atoms with Crippen LogP contribution in [0.2, 0.25) is 0 Å². The van der Waals surface area contributed by atoms with Crippen LogP contribution in [0.15, 0.2) is 0 Å². The molecule has 0 spiro atoms. The molecule has 3 atom stereocenters. The number of hydrogen-bond acceptors (Lipinski definition) is 6. The maximum absolute atomic E-state index is 13.1. The average molecular weight is 1130 g/mol. The minimum atomic E-state index is -4.57. The molecule has 0 bridgehead atoms. The van der Waals surface area contributed by atoms with Gasteiger partial charge in [0, 0.05) is 6.42 Å². The Morgan fingerprint density at radius 3 is 0.872 bits per heavy atom. The molecule has 3 unspecified atom stereocenters. The molecule has 9 heteroatoms. The van der Waals surface area contributed by atoms with Gasteiger partial charge in [-0.2, -0.15) is 0 Å². The summed E-state index contributed by atoms with van der Waals surface area (Å²) < 4.78 is 23.5. The van der Waals surface area contributed by atoms with E-state index in [2.05, 4.69) is 19.2 Å². The van der Waals surface area contributed by atoms with Crippen LogP contribution in [0, 0.1) is 0 Å². The number of nitrogens with zero attached hydrogens (tertiary/aromatic N) is 1. The Morgan fingerprint density at radius 2 is 0.628 bits per heavy atom. The van der Waals surface area contributed by atoms with E-state index in [1.165, 1.54) is 321 Å². The lowest BCUT2D eigenvalue weighted by atomic mass is 10.0. The lowest BCUT2D eigenvalue weighted by molar-refractivity contribution is -0.870. The number of phosphoric ester groups is 1. The van der Waals surface area contributed by atoms with Gasteiger partial charge < -0.3 is 28.8 Å². The van der Waals surface area contributed by atoms with Crippen molar-refractivity contribution >= 4 is 13.7 Å². The van der Waals surface area contributed by atoms with Crippen LogP contribution < -0.4 is 10.2 Å². The molecule has 0 aromatic heterocycles. The Balaban J connectivity index is 3.95. The second kappa shape index (κ2) is 61.1. The molecule has 0 aliphatic carbocycles. The second-order valence-corrected chi connectivity index (χ2v) is 27.4. The van der Waals surface area contributed by atoms with E-state index in [0.717, 1.165) is 38.5 Å². The summed E-state index contributed by atoms with van der Waals surface area (Å²) in [6.07, 6.45) is 76.2. The van der Waals surface area contributed by atoms with Crippen molar-refractivity contribution in [3.63, 3.8) is 0 Å². The Labute approximate surface area is 489 Å². The first-order valence-corrected chi connectivity index (χ1v) is 36.8. The van der Waals surface area contributed by atoms with Gasteiger partial charge in [0.05, 0.1) is 39.9 Å². The van der Waals surface area contributed by atoms with Crippen LogP contribution in [0.5, 0.6) is 0 Å². The summed E-state index contributed by atoms with van der Waals surface area (Å²) in [5.41, 5.74) is 0. The summed E-state index contributed by atoms with van der Waals surface area (Å²) in [7, 11) is 1.33. The molecule has 468 valence electrons. The zero-order chi connectivity index (χ0) is 57.0. The van der Waals surface area contributed by atoms with Gasteiger partial charge in [0.2, 0.25) is 5.91 Å². The van der Waals surface area contributed by atoms with Crippen molar-refractivity contribution < 1.29 is 32.9 Å².